The fraction of sp³-hybridized carbons (Fsp3) is 0.136. The standard InChI is InChI=1S/C22H21FN4O2/c1-27(2)18-9-7-17(8-10-18)26-21(28)15-11-12-24-20(13-15)22(29)25-14-16-5-3-4-6-19(16)23/h3-13H,14H2,1-2H3,(H,25,29)(H,26,28). The molecule has 6 nitrogen and oxygen atoms in total. The highest BCUT2D eigenvalue weighted by Crippen LogP contribution is 2.16. The first-order chi connectivity index (χ1) is 13.9. The molecule has 0 aliphatic heterocycles. The van der Waals surface area contributed by atoms with E-state index in [4.69, 9.17) is 0 Å². The van der Waals surface area contributed by atoms with Gasteiger partial charge in [-0.1, -0.05) is 18.2 Å². The van der Waals surface area contributed by atoms with Crippen molar-refractivity contribution in [3.05, 3.63) is 89.5 Å². The Hall–Kier alpha value is -3.74. The third-order valence-corrected chi connectivity index (χ3v) is 4.29. The Labute approximate surface area is 168 Å². The predicted octanol–water partition coefficient (Wildman–Crippen LogP) is 3.47. The van der Waals surface area contributed by atoms with E-state index >= 15 is 0 Å². The second-order valence-electron chi connectivity index (χ2n) is 6.60. The SMILES string of the molecule is CN(C)c1ccc(NC(=O)c2ccnc(C(=O)NCc3ccccc3F)c2)cc1. The van der Waals surface area contributed by atoms with Gasteiger partial charge in [-0.05, 0) is 42.5 Å². The number of anilines is 2. The fourth-order valence-corrected chi connectivity index (χ4v) is 2.65. The highest BCUT2D eigenvalue weighted by Gasteiger charge is 2.13. The molecule has 0 aliphatic rings. The molecular formula is C22H21FN4O2. The van der Waals surface area contributed by atoms with Crippen molar-refractivity contribution >= 4 is 23.2 Å². The molecule has 0 unspecified atom stereocenters. The Balaban J connectivity index is 1.65. The number of benzene rings is 2. The maximum absolute atomic E-state index is 13.7. The van der Waals surface area contributed by atoms with E-state index in [0.29, 0.717) is 16.8 Å². The van der Waals surface area contributed by atoms with Gasteiger partial charge in [-0.15, -0.1) is 0 Å². The summed E-state index contributed by atoms with van der Waals surface area (Å²) in [6.07, 6.45) is 1.39. The van der Waals surface area contributed by atoms with Crippen molar-refractivity contribution in [2.24, 2.45) is 0 Å². The summed E-state index contributed by atoms with van der Waals surface area (Å²) >= 11 is 0. The van der Waals surface area contributed by atoms with Gasteiger partial charge in [-0.25, -0.2) is 4.39 Å². The lowest BCUT2D eigenvalue weighted by Crippen LogP contribution is -2.25. The third kappa shape index (κ3) is 5.16. The molecule has 0 fully saturated rings. The molecule has 3 rings (SSSR count). The maximum atomic E-state index is 13.7. The summed E-state index contributed by atoms with van der Waals surface area (Å²) in [7, 11) is 3.87. The van der Waals surface area contributed by atoms with Crippen LogP contribution < -0.4 is 15.5 Å². The number of amides is 2. The zero-order chi connectivity index (χ0) is 20.8. The summed E-state index contributed by atoms with van der Waals surface area (Å²) < 4.78 is 13.7. The summed E-state index contributed by atoms with van der Waals surface area (Å²) in [5.74, 6) is -1.24. The number of rotatable bonds is 6. The third-order valence-electron chi connectivity index (χ3n) is 4.29. The minimum absolute atomic E-state index is 0.0296. The summed E-state index contributed by atoms with van der Waals surface area (Å²) in [5.41, 5.74) is 2.41. The molecule has 2 aromatic carbocycles. The van der Waals surface area contributed by atoms with Crippen LogP contribution in [0.25, 0.3) is 0 Å². The van der Waals surface area contributed by atoms with Crippen molar-refractivity contribution in [2.75, 3.05) is 24.3 Å². The minimum atomic E-state index is -0.488. The molecule has 0 atom stereocenters. The predicted molar refractivity (Wildman–Crippen MR) is 111 cm³/mol. The average molecular weight is 392 g/mol. The summed E-state index contributed by atoms with van der Waals surface area (Å²) in [6.45, 7) is 0.0296. The van der Waals surface area contributed by atoms with Crippen LogP contribution in [0.15, 0.2) is 66.9 Å². The topological polar surface area (TPSA) is 74.3 Å². The first-order valence-corrected chi connectivity index (χ1v) is 9.00. The molecule has 3 aromatic rings. The van der Waals surface area contributed by atoms with Gasteiger partial charge in [0.25, 0.3) is 11.8 Å². The molecule has 0 saturated heterocycles. The van der Waals surface area contributed by atoms with Gasteiger partial charge in [0.05, 0.1) is 0 Å². The van der Waals surface area contributed by atoms with Crippen LogP contribution >= 0.6 is 0 Å². The van der Waals surface area contributed by atoms with E-state index in [1.54, 1.807) is 30.3 Å². The molecule has 0 aliphatic carbocycles. The van der Waals surface area contributed by atoms with E-state index in [9.17, 15) is 14.0 Å². The molecule has 0 spiro atoms. The van der Waals surface area contributed by atoms with Crippen LogP contribution in [0, 0.1) is 5.82 Å². The van der Waals surface area contributed by atoms with Crippen LogP contribution in [0.2, 0.25) is 0 Å². The van der Waals surface area contributed by atoms with Gasteiger partial charge < -0.3 is 15.5 Å². The fourth-order valence-electron chi connectivity index (χ4n) is 2.65. The number of hydrogen-bond acceptors (Lipinski definition) is 4. The zero-order valence-electron chi connectivity index (χ0n) is 16.1. The lowest BCUT2D eigenvalue weighted by atomic mass is 10.2. The Morgan fingerprint density at radius 3 is 2.41 bits per heavy atom. The molecule has 1 heterocycles. The number of pyridine rings is 1. The molecule has 148 valence electrons. The van der Waals surface area contributed by atoms with Crippen LogP contribution in [-0.2, 0) is 6.54 Å². The van der Waals surface area contributed by atoms with Gasteiger partial charge in [0.15, 0.2) is 0 Å². The van der Waals surface area contributed by atoms with Crippen molar-refractivity contribution in [1.29, 1.82) is 0 Å². The number of nitrogens with one attached hydrogen (secondary N) is 2. The Morgan fingerprint density at radius 2 is 1.72 bits per heavy atom. The number of hydrogen-bond donors (Lipinski definition) is 2. The average Bonchev–Trinajstić information content (AvgIpc) is 2.73. The highest BCUT2D eigenvalue weighted by atomic mass is 19.1. The largest absolute Gasteiger partial charge is 0.378 e. The second-order valence-corrected chi connectivity index (χ2v) is 6.60. The summed E-state index contributed by atoms with van der Waals surface area (Å²) in [4.78, 5) is 30.8. The summed E-state index contributed by atoms with van der Waals surface area (Å²) in [5, 5.41) is 5.40. The minimum Gasteiger partial charge on any atom is -0.378 e. The molecular weight excluding hydrogens is 371 g/mol. The van der Waals surface area contributed by atoms with Gasteiger partial charge >= 0.3 is 0 Å². The highest BCUT2D eigenvalue weighted by molar-refractivity contribution is 6.05. The summed E-state index contributed by atoms with van der Waals surface area (Å²) in [6, 6.07) is 16.5. The number of carbonyl (C=O) groups is 2. The van der Waals surface area contributed by atoms with Crippen LogP contribution in [-0.4, -0.2) is 30.9 Å². The van der Waals surface area contributed by atoms with Gasteiger partial charge in [0.2, 0.25) is 0 Å². The van der Waals surface area contributed by atoms with Crippen LogP contribution in [0.4, 0.5) is 15.8 Å². The first-order valence-electron chi connectivity index (χ1n) is 9.00. The Morgan fingerprint density at radius 1 is 1.00 bits per heavy atom. The zero-order valence-corrected chi connectivity index (χ0v) is 16.1. The van der Waals surface area contributed by atoms with Gasteiger partial charge in [0.1, 0.15) is 11.5 Å². The van der Waals surface area contributed by atoms with Gasteiger partial charge in [-0.3, -0.25) is 14.6 Å². The van der Waals surface area contributed by atoms with E-state index in [2.05, 4.69) is 15.6 Å². The monoisotopic (exact) mass is 392 g/mol. The van der Waals surface area contributed by atoms with E-state index in [1.807, 2.05) is 31.1 Å². The van der Waals surface area contributed by atoms with Gasteiger partial charge in [-0.2, -0.15) is 0 Å². The number of carbonyl (C=O) groups excluding carboxylic acids is 2. The number of nitrogens with zero attached hydrogens (tertiary/aromatic N) is 2. The van der Waals surface area contributed by atoms with E-state index in [-0.39, 0.29) is 18.1 Å². The lowest BCUT2D eigenvalue weighted by Gasteiger charge is -2.13. The lowest BCUT2D eigenvalue weighted by molar-refractivity contribution is 0.0945. The van der Waals surface area contributed by atoms with Crippen molar-refractivity contribution in [3.8, 4) is 0 Å². The normalized spacial score (nSPS) is 10.3. The Kier molecular flexibility index (Phi) is 6.19. The van der Waals surface area contributed by atoms with E-state index < -0.39 is 11.7 Å². The molecule has 0 bridgehead atoms. The van der Waals surface area contributed by atoms with Crippen molar-refractivity contribution in [1.82, 2.24) is 10.3 Å². The first kappa shape index (κ1) is 20.0. The molecule has 0 radical (unpaired) electrons. The Bertz CT molecular complexity index is 1020. The molecule has 7 heteroatoms. The van der Waals surface area contributed by atoms with Crippen LogP contribution in [0.1, 0.15) is 26.4 Å². The maximum Gasteiger partial charge on any atom is 0.270 e. The smallest absolute Gasteiger partial charge is 0.270 e. The van der Waals surface area contributed by atoms with Crippen LogP contribution in [0.3, 0.4) is 0 Å². The van der Waals surface area contributed by atoms with Crippen LogP contribution in [0.5, 0.6) is 0 Å². The van der Waals surface area contributed by atoms with Crippen molar-refractivity contribution in [2.45, 2.75) is 6.54 Å². The van der Waals surface area contributed by atoms with Crippen molar-refractivity contribution in [3.63, 3.8) is 0 Å². The molecule has 0 saturated carbocycles. The van der Waals surface area contributed by atoms with E-state index in [1.165, 1.54) is 24.4 Å². The number of halogens is 1. The van der Waals surface area contributed by atoms with Gasteiger partial charge in [0, 0.05) is 49.3 Å². The molecule has 29 heavy (non-hydrogen) atoms. The molecule has 2 N–H and O–H groups in total. The van der Waals surface area contributed by atoms with E-state index in [0.717, 1.165) is 5.69 Å². The molecule has 2 amide bonds. The quantitative estimate of drug-likeness (QED) is 0.674. The second kappa shape index (κ2) is 8.97. The van der Waals surface area contributed by atoms with Crippen molar-refractivity contribution < 1.29 is 14.0 Å². The molecule has 1 aromatic heterocycles. The number of aromatic nitrogens is 1.